The average molecular weight is 353 g/mol. The quantitative estimate of drug-likeness (QED) is 0.438. The Hall–Kier alpha value is -2.49. The van der Waals surface area contributed by atoms with Crippen molar-refractivity contribution in [2.45, 2.75) is 25.8 Å². The smallest absolute Gasteiger partial charge is 0.353 e. The van der Waals surface area contributed by atoms with Crippen molar-refractivity contribution >= 4 is 23.3 Å². The fourth-order valence-electron chi connectivity index (χ4n) is 2.89. The molecule has 1 aromatic rings. The third-order valence-electron chi connectivity index (χ3n) is 4.11. The minimum atomic E-state index is -0.483. The first-order valence-electron chi connectivity index (χ1n) is 8.05. The topological polar surface area (TPSA) is 120 Å². The number of carbonyl (C=O) groups is 1. The van der Waals surface area contributed by atoms with Gasteiger partial charge in [0.15, 0.2) is 0 Å². The van der Waals surface area contributed by atoms with Crippen LogP contribution in [-0.2, 0) is 14.3 Å². The largest absolute Gasteiger partial charge is 0.469 e. The van der Waals surface area contributed by atoms with Crippen molar-refractivity contribution in [3.05, 3.63) is 16.4 Å². The molecule has 1 atom stereocenters. The van der Waals surface area contributed by atoms with Crippen LogP contribution in [-0.4, -0.2) is 60.8 Å². The van der Waals surface area contributed by atoms with Gasteiger partial charge in [-0.15, -0.1) is 0 Å². The molecule has 0 aromatic carbocycles. The molecule has 10 nitrogen and oxygen atoms in total. The molecule has 0 saturated carbocycles. The fraction of sp³-hybridized carbons (Fsp3) is 0.667. The highest BCUT2D eigenvalue weighted by molar-refractivity contribution is 5.74. The minimum Gasteiger partial charge on any atom is -0.469 e. The highest BCUT2D eigenvalue weighted by Crippen LogP contribution is 2.34. The number of aromatic nitrogens is 2. The van der Waals surface area contributed by atoms with Gasteiger partial charge in [-0.2, -0.15) is 0 Å². The van der Waals surface area contributed by atoms with E-state index in [0.29, 0.717) is 32.5 Å². The van der Waals surface area contributed by atoms with Crippen LogP contribution in [0.2, 0.25) is 0 Å². The van der Waals surface area contributed by atoms with Gasteiger partial charge in [0.25, 0.3) is 0 Å². The van der Waals surface area contributed by atoms with Crippen LogP contribution in [0, 0.1) is 16.0 Å². The number of esters is 1. The maximum atomic E-state index is 11.6. The van der Waals surface area contributed by atoms with Gasteiger partial charge < -0.3 is 19.7 Å². The van der Waals surface area contributed by atoms with Gasteiger partial charge in [-0.25, -0.2) is 9.97 Å². The lowest BCUT2D eigenvalue weighted by Gasteiger charge is -2.31. The molecule has 2 heterocycles. The van der Waals surface area contributed by atoms with E-state index in [4.69, 9.17) is 9.47 Å². The monoisotopic (exact) mass is 353 g/mol. The molecule has 1 aromatic heterocycles. The standard InChI is InChI=1S/C15H23N5O5/c1-10(8-24-2)18-13-12(20(22)23)14(17-9-16-13)19-6-4-11(5-7-19)15(21)25-3/h9-11H,4-8H2,1-3H3,(H,16,17,18). The molecule has 0 spiro atoms. The number of piperidine rings is 1. The summed E-state index contributed by atoms with van der Waals surface area (Å²) in [4.78, 5) is 32.7. The Morgan fingerprint density at radius 2 is 2.12 bits per heavy atom. The van der Waals surface area contributed by atoms with Crippen molar-refractivity contribution in [1.82, 2.24) is 9.97 Å². The summed E-state index contributed by atoms with van der Waals surface area (Å²) in [6.07, 6.45) is 2.43. The average Bonchev–Trinajstić information content (AvgIpc) is 2.61. The SMILES string of the molecule is COCC(C)Nc1ncnc(N2CCC(C(=O)OC)CC2)c1[N+](=O)[O-]. The van der Waals surface area contributed by atoms with Crippen molar-refractivity contribution in [3.63, 3.8) is 0 Å². The van der Waals surface area contributed by atoms with Crippen LogP contribution < -0.4 is 10.2 Å². The van der Waals surface area contributed by atoms with Gasteiger partial charge in [0, 0.05) is 26.2 Å². The lowest BCUT2D eigenvalue weighted by atomic mass is 9.97. The number of nitro groups is 1. The van der Waals surface area contributed by atoms with Gasteiger partial charge in [0.1, 0.15) is 6.33 Å². The van der Waals surface area contributed by atoms with Gasteiger partial charge in [-0.1, -0.05) is 0 Å². The van der Waals surface area contributed by atoms with E-state index in [1.807, 2.05) is 11.8 Å². The van der Waals surface area contributed by atoms with E-state index in [-0.39, 0.29) is 35.3 Å². The molecule has 1 unspecified atom stereocenters. The second kappa shape index (κ2) is 8.56. The zero-order valence-corrected chi connectivity index (χ0v) is 14.6. The Labute approximate surface area is 145 Å². The molecule has 1 aliphatic heterocycles. The summed E-state index contributed by atoms with van der Waals surface area (Å²) in [6.45, 7) is 3.22. The molecule has 0 bridgehead atoms. The summed E-state index contributed by atoms with van der Waals surface area (Å²) in [5.41, 5.74) is -0.165. The maximum absolute atomic E-state index is 11.6. The Morgan fingerprint density at radius 3 is 2.68 bits per heavy atom. The molecule has 138 valence electrons. The minimum absolute atomic E-state index is 0.142. The van der Waals surface area contributed by atoms with Crippen LogP contribution in [0.25, 0.3) is 0 Å². The van der Waals surface area contributed by atoms with Crippen LogP contribution in [0.3, 0.4) is 0 Å². The zero-order valence-electron chi connectivity index (χ0n) is 14.6. The first-order valence-corrected chi connectivity index (χ1v) is 8.05. The van der Waals surface area contributed by atoms with E-state index in [0.717, 1.165) is 0 Å². The first kappa shape index (κ1) is 18.8. The van der Waals surface area contributed by atoms with E-state index in [1.165, 1.54) is 13.4 Å². The van der Waals surface area contributed by atoms with E-state index in [9.17, 15) is 14.9 Å². The van der Waals surface area contributed by atoms with E-state index in [2.05, 4.69) is 15.3 Å². The molecule has 25 heavy (non-hydrogen) atoms. The number of nitrogens with one attached hydrogen (secondary N) is 1. The van der Waals surface area contributed by atoms with Crippen molar-refractivity contribution in [2.75, 3.05) is 44.1 Å². The van der Waals surface area contributed by atoms with Crippen LogP contribution in [0.15, 0.2) is 6.33 Å². The predicted octanol–water partition coefficient (Wildman–Crippen LogP) is 1.22. The molecule has 2 rings (SSSR count). The predicted molar refractivity (Wildman–Crippen MR) is 90.6 cm³/mol. The molecule has 0 radical (unpaired) electrons. The molecule has 0 aliphatic carbocycles. The molecule has 0 amide bonds. The molecule has 1 fully saturated rings. The Morgan fingerprint density at radius 1 is 1.44 bits per heavy atom. The van der Waals surface area contributed by atoms with Crippen molar-refractivity contribution < 1.29 is 19.2 Å². The third-order valence-corrected chi connectivity index (χ3v) is 4.11. The number of hydrogen-bond donors (Lipinski definition) is 1. The third kappa shape index (κ3) is 4.53. The number of rotatable bonds is 7. The molecular weight excluding hydrogens is 330 g/mol. The van der Waals surface area contributed by atoms with E-state index in [1.54, 1.807) is 7.11 Å². The van der Waals surface area contributed by atoms with Gasteiger partial charge >= 0.3 is 11.7 Å². The van der Waals surface area contributed by atoms with Crippen molar-refractivity contribution in [2.24, 2.45) is 5.92 Å². The number of methoxy groups -OCH3 is 2. The highest BCUT2D eigenvalue weighted by Gasteiger charge is 2.32. The van der Waals surface area contributed by atoms with Crippen LogP contribution in [0.4, 0.5) is 17.3 Å². The summed E-state index contributed by atoms with van der Waals surface area (Å²) < 4.78 is 9.80. The number of carbonyl (C=O) groups excluding carboxylic acids is 1. The van der Waals surface area contributed by atoms with Crippen LogP contribution >= 0.6 is 0 Å². The van der Waals surface area contributed by atoms with Crippen molar-refractivity contribution in [1.29, 1.82) is 0 Å². The molecule has 10 heteroatoms. The molecule has 1 saturated heterocycles. The van der Waals surface area contributed by atoms with Gasteiger partial charge in [0.05, 0.1) is 24.6 Å². The maximum Gasteiger partial charge on any atom is 0.353 e. The molecule has 1 N–H and O–H groups in total. The lowest BCUT2D eigenvalue weighted by molar-refractivity contribution is -0.383. The normalized spacial score (nSPS) is 16.4. The first-order chi connectivity index (χ1) is 12.0. The van der Waals surface area contributed by atoms with Crippen molar-refractivity contribution in [3.8, 4) is 0 Å². The van der Waals surface area contributed by atoms with E-state index >= 15 is 0 Å². The number of ether oxygens (including phenoxy) is 2. The zero-order chi connectivity index (χ0) is 18.4. The fourth-order valence-corrected chi connectivity index (χ4v) is 2.89. The van der Waals surface area contributed by atoms with E-state index < -0.39 is 4.92 Å². The summed E-state index contributed by atoms with van der Waals surface area (Å²) in [7, 11) is 2.92. The molecular formula is C15H23N5O5. The lowest BCUT2D eigenvalue weighted by Crippen LogP contribution is -2.37. The van der Waals surface area contributed by atoms with Gasteiger partial charge in [-0.3, -0.25) is 14.9 Å². The Kier molecular flexibility index (Phi) is 6.45. The highest BCUT2D eigenvalue weighted by atomic mass is 16.6. The van der Waals surface area contributed by atoms with Gasteiger partial charge in [0.2, 0.25) is 11.6 Å². The summed E-state index contributed by atoms with van der Waals surface area (Å²) in [6, 6.07) is -0.142. The summed E-state index contributed by atoms with van der Waals surface area (Å²) in [5.74, 6) is -0.000814. The Bertz CT molecular complexity index is 618. The van der Waals surface area contributed by atoms with Crippen LogP contribution in [0.5, 0.6) is 0 Å². The number of hydrogen-bond acceptors (Lipinski definition) is 9. The van der Waals surface area contributed by atoms with Gasteiger partial charge in [-0.05, 0) is 19.8 Å². The summed E-state index contributed by atoms with van der Waals surface area (Å²) >= 11 is 0. The summed E-state index contributed by atoms with van der Waals surface area (Å²) in [5, 5.41) is 14.6. The number of anilines is 2. The van der Waals surface area contributed by atoms with Crippen LogP contribution in [0.1, 0.15) is 19.8 Å². The second-order valence-corrected chi connectivity index (χ2v) is 5.94. The number of nitrogens with zero attached hydrogens (tertiary/aromatic N) is 4. The molecule has 1 aliphatic rings. The Balaban J connectivity index is 2.21. The second-order valence-electron chi connectivity index (χ2n) is 5.94.